The quantitative estimate of drug-likeness (QED) is 0.521. The SMILES string of the molecule is CC1C[N]CCC1N(C)C. The second-order valence-electron chi connectivity index (χ2n) is 3.43. The molecule has 1 radical (unpaired) electrons. The molecule has 59 valence electrons. The van der Waals surface area contributed by atoms with E-state index in [1.165, 1.54) is 6.42 Å². The molecule has 1 saturated heterocycles. The van der Waals surface area contributed by atoms with E-state index in [4.69, 9.17) is 0 Å². The second kappa shape index (κ2) is 3.35. The van der Waals surface area contributed by atoms with Gasteiger partial charge in [0.25, 0.3) is 0 Å². The molecule has 2 nitrogen and oxygen atoms in total. The van der Waals surface area contributed by atoms with E-state index in [1.807, 2.05) is 0 Å². The lowest BCUT2D eigenvalue weighted by Gasteiger charge is -2.33. The summed E-state index contributed by atoms with van der Waals surface area (Å²) in [4.78, 5) is 2.32. The van der Waals surface area contributed by atoms with Crippen molar-refractivity contribution in [3.8, 4) is 0 Å². The molecule has 2 atom stereocenters. The highest BCUT2D eigenvalue weighted by atomic mass is 15.1. The van der Waals surface area contributed by atoms with Crippen LogP contribution in [0.5, 0.6) is 0 Å². The predicted octanol–water partition coefficient (Wildman–Crippen LogP) is 0.561. The van der Waals surface area contributed by atoms with Gasteiger partial charge in [0.2, 0.25) is 0 Å². The molecule has 1 aliphatic rings. The molecular formula is C8H17N2. The highest BCUT2D eigenvalue weighted by molar-refractivity contribution is 4.79. The smallest absolute Gasteiger partial charge is 0.0174 e. The first-order valence-corrected chi connectivity index (χ1v) is 4.01. The van der Waals surface area contributed by atoms with Crippen LogP contribution in [0.4, 0.5) is 0 Å². The summed E-state index contributed by atoms with van der Waals surface area (Å²) in [5.41, 5.74) is 0. The van der Waals surface area contributed by atoms with Crippen LogP contribution in [0.3, 0.4) is 0 Å². The monoisotopic (exact) mass is 141 g/mol. The average molecular weight is 141 g/mol. The van der Waals surface area contributed by atoms with Gasteiger partial charge < -0.3 is 4.90 Å². The Morgan fingerprint density at radius 1 is 1.40 bits per heavy atom. The van der Waals surface area contributed by atoms with Crippen LogP contribution in [0.2, 0.25) is 0 Å². The molecule has 2 heteroatoms. The molecule has 1 fully saturated rings. The van der Waals surface area contributed by atoms with Crippen molar-refractivity contribution < 1.29 is 0 Å². The summed E-state index contributed by atoms with van der Waals surface area (Å²) in [5.74, 6) is 0.753. The summed E-state index contributed by atoms with van der Waals surface area (Å²) >= 11 is 0. The second-order valence-corrected chi connectivity index (χ2v) is 3.43. The Morgan fingerprint density at radius 3 is 2.50 bits per heavy atom. The van der Waals surface area contributed by atoms with Crippen molar-refractivity contribution in [2.75, 3.05) is 27.2 Å². The van der Waals surface area contributed by atoms with Crippen molar-refractivity contribution in [1.82, 2.24) is 10.2 Å². The molecule has 1 aliphatic heterocycles. The Kier molecular flexibility index (Phi) is 2.69. The molecular weight excluding hydrogens is 124 g/mol. The zero-order valence-electron chi connectivity index (χ0n) is 7.17. The zero-order valence-corrected chi connectivity index (χ0v) is 7.17. The van der Waals surface area contributed by atoms with Gasteiger partial charge >= 0.3 is 0 Å². The number of hydrogen-bond donors (Lipinski definition) is 0. The van der Waals surface area contributed by atoms with Crippen molar-refractivity contribution in [2.45, 2.75) is 19.4 Å². The van der Waals surface area contributed by atoms with E-state index in [1.54, 1.807) is 0 Å². The van der Waals surface area contributed by atoms with Gasteiger partial charge in [0.05, 0.1) is 0 Å². The van der Waals surface area contributed by atoms with Gasteiger partial charge in [-0.25, -0.2) is 5.32 Å². The van der Waals surface area contributed by atoms with Crippen LogP contribution in [0, 0.1) is 5.92 Å². The third-order valence-corrected chi connectivity index (χ3v) is 2.32. The van der Waals surface area contributed by atoms with Gasteiger partial charge in [-0.05, 0) is 26.4 Å². The molecule has 0 aromatic rings. The fourth-order valence-corrected chi connectivity index (χ4v) is 1.69. The Bertz CT molecular complexity index is 101. The summed E-state index contributed by atoms with van der Waals surface area (Å²) in [6.07, 6.45) is 1.24. The molecule has 0 aromatic carbocycles. The van der Waals surface area contributed by atoms with E-state index in [0.29, 0.717) is 0 Å². The maximum atomic E-state index is 4.36. The minimum Gasteiger partial charge on any atom is -0.306 e. The largest absolute Gasteiger partial charge is 0.306 e. The predicted molar refractivity (Wildman–Crippen MR) is 43.1 cm³/mol. The van der Waals surface area contributed by atoms with Crippen LogP contribution in [0.25, 0.3) is 0 Å². The Morgan fingerprint density at radius 2 is 2.10 bits per heavy atom. The lowest BCUT2D eigenvalue weighted by molar-refractivity contribution is 0.176. The lowest BCUT2D eigenvalue weighted by Crippen LogP contribution is -2.43. The number of nitrogens with zero attached hydrogens (tertiary/aromatic N) is 2. The minimum atomic E-state index is 0.753. The van der Waals surface area contributed by atoms with Gasteiger partial charge in [0.1, 0.15) is 0 Å². The molecule has 10 heavy (non-hydrogen) atoms. The fraction of sp³-hybridized carbons (Fsp3) is 1.00. The maximum Gasteiger partial charge on any atom is 0.0174 e. The van der Waals surface area contributed by atoms with Crippen molar-refractivity contribution in [2.24, 2.45) is 5.92 Å². The normalized spacial score (nSPS) is 34.8. The molecule has 1 rings (SSSR count). The van der Waals surface area contributed by atoms with Crippen LogP contribution in [-0.4, -0.2) is 38.1 Å². The first-order chi connectivity index (χ1) is 4.72. The molecule has 0 aliphatic carbocycles. The molecule has 0 amide bonds. The van der Waals surface area contributed by atoms with Crippen LogP contribution in [0.1, 0.15) is 13.3 Å². The highest BCUT2D eigenvalue weighted by Gasteiger charge is 2.22. The first-order valence-electron chi connectivity index (χ1n) is 4.01. The molecule has 0 bridgehead atoms. The average Bonchev–Trinajstić information content (AvgIpc) is 1.88. The molecule has 0 aromatic heterocycles. The molecule has 2 unspecified atom stereocenters. The van der Waals surface area contributed by atoms with Crippen LogP contribution < -0.4 is 5.32 Å². The number of hydrogen-bond acceptors (Lipinski definition) is 1. The van der Waals surface area contributed by atoms with E-state index in [9.17, 15) is 0 Å². The molecule has 0 saturated carbocycles. The van der Waals surface area contributed by atoms with Crippen molar-refractivity contribution >= 4 is 0 Å². The van der Waals surface area contributed by atoms with E-state index < -0.39 is 0 Å². The van der Waals surface area contributed by atoms with E-state index in [0.717, 1.165) is 25.0 Å². The molecule has 0 N–H and O–H groups in total. The van der Waals surface area contributed by atoms with E-state index in [2.05, 4.69) is 31.2 Å². The van der Waals surface area contributed by atoms with E-state index >= 15 is 0 Å². The third kappa shape index (κ3) is 1.70. The zero-order chi connectivity index (χ0) is 7.56. The maximum absolute atomic E-state index is 4.36. The summed E-state index contributed by atoms with van der Waals surface area (Å²) in [7, 11) is 4.32. The third-order valence-electron chi connectivity index (χ3n) is 2.32. The van der Waals surface area contributed by atoms with Gasteiger partial charge in [0, 0.05) is 19.1 Å². The van der Waals surface area contributed by atoms with Gasteiger partial charge in [-0.15, -0.1) is 0 Å². The number of piperidine rings is 1. The van der Waals surface area contributed by atoms with Gasteiger partial charge in [0.15, 0.2) is 0 Å². The van der Waals surface area contributed by atoms with Crippen molar-refractivity contribution in [1.29, 1.82) is 0 Å². The van der Waals surface area contributed by atoms with Crippen LogP contribution >= 0.6 is 0 Å². The Hall–Kier alpha value is -0.0800. The van der Waals surface area contributed by atoms with Crippen molar-refractivity contribution in [3.63, 3.8) is 0 Å². The molecule has 1 heterocycles. The van der Waals surface area contributed by atoms with Crippen molar-refractivity contribution in [3.05, 3.63) is 0 Å². The van der Waals surface area contributed by atoms with Crippen LogP contribution in [-0.2, 0) is 0 Å². The Balaban J connectivity index is 2.40. The number of rotatable bonds is 1. The topological polar surface area (TPSA) is 17.3 Å². The van der Waals surface area contributed by atoms with Gasteiger partial charge in [-0.3, -0.25) is 0 Å². The fourth-order valence-electron chi connectivity index (χ4n) is 1.69. The summed E-state index contributed by atoms with van der Waals surface area (Å²) in [6.45, 7) is 4.41. The standard InChI is InChI=1S/C8H17N2/c1-7-6-9-5-4-8(7)10(2)3/h7-8H,4-6H2,1-3H3. The highest BCUT2D eigenvalue weighted by Crippen LogP contribution is 2.15. The van der Waals surface area contributed by atoms with Gasteiger partial charge in [-0.1, -0.05) is 6.92 Å². The summed E-state index contributed by atoms with van der Waals surface area (Å²) in [5, 5.41) is 4.36. The minimum absolute atomic E-state index is 0.753. The van der Waals surface area contributed by atoms with E-state index in [-0.39, 0.29) is 0 Å². The molecule has 0 spiro atoms. The Labute approximate surface area is 63.6 Å². The summed E-state index contributed by atoms with van der Waals surface area (Å²) < 4.78 is 0. The van der Waals surface area contributed by atoms with Crippen LogP contribution in [0.15, 0.2) is 0 Å². The van der Waals surface area contributed by atoms with Gasteiger partial charge in [-0.2, -0.15) is 0 Å². The lowest BCUT2D eigenvalue weighted by atomic mass is 9.95. The first kappa shape index (κ1) is 8.02. The summed E-state index contributed by atoms with van der Waals surface area (Å²) in [6, 6.07) is 0.762.